The van der Waals surface area contributed by atoms with Crippen molar-refractivity contribution in [2.24, 2.45) is 0 Å². The second kappa shape index (κ2) is 9.01. The summed E-state index contributed by atoms with van der Waals surface area (Å²) in [5, 5.41) is 4.79. The van der Waals surface area contributed by atoms with Crippen LogP contribution in [0.25, 0.3) is 10.2 Å². The van der Waals surface area contributed by atoms with Crippen LogP contribution < -0.4 is 5.32 Å². The fraction of sp³-hybridized carbons (Fsp3) is 0.579. The van der Waals surface area contributed by atoms with Gasteiger partial charge >= 0.3 is 0 Å². The van der Waals surface area contributed by atoms with Crippen molar-refractivity contribution in [3.63, 3.8) is 0 Å². The van der Waals surface area contributed by atoms with E-state index in [1.807, 2.05) is 20.8 Å². The molecule has 2 aromatic rings. The lowest BCUT2D eigenvalue weighted by molar-refractivity contribution is -0.133. The van der Waals surface area contributed by atoms with Gasteiger partial charge in [0.05, 0.1) is 12.3 Å². The number of carbonyl (C=O) groups excluding carboxylic acids is 2. The summed E-state index contributed by atoms with van der Waals surface area (Å²) < 4.78 is 0. The van der Waals surface area contributed by atoms with E-state index < -0.39 is 0 Å². The van der Waals surface area contributed by atoms with Gasteiger partial charge in [0.25, 0.3) is 0 Å². The number of hydrogen-bond acceptors (Lipinski definition) is 6. The lowest BCUT2D eigenvalue weighted by Gasteiger charge is -2.20. The number of likely N-dealkylation sites (N-methyl/N-ethyl adjacent to an activating group) is 2. The summed E-state index contributed by atoms with van der Waals surface area (Å²) in [5.74, 6) is 0.863. The molecule has 146 valence electrons. The van der Waals surface area contributed by atoms with Crippen LogP contribution >= 0.6 is 23.1 Å². The Bertz CT molecular complexity index is 850. The average Bonchev–Trinajstić information content (AvgIpc) is 3.02. The Hall–Kier alpha value is -1.67. The fourth-order valence-corrected chi connectivity index (χ4v) is 5.73. The third-order valence-electron chi connectivity index (χ3n) is 4.67. The Morgan fingerprint density at radius 3 is 2.74 bits per heavy atom. The number of thioether (sulfide) groups is 1. The van der Waals surface area contributed by atoms with Gasteiger partial charge in [0.15, 0.2) is 0 Å². The molecule has 1 N–H and O–H groups in total. The van der Waals surface area contributed by atoms with E-state index in [1.54, 1.807) is 16.2 Å². The van der Waals surface area contributed by atoms with E-state index in [9.17, 15) is 9.59 Å². The number of hydrogen-bond donors (Lipinski definition) is 1. The van der Waals surface area contributed by atoms with Gasteiger partial charge in [-0.25, -0.2) is 9.97 Å². The van der Waals surface area contributed by atoms with Crippen molar-refractivity contribution in [2.45, 2.75) is 51.5 Å². The average molecular weight is 407 g/mol. The number of nitrogens with one attached hydrogen (secondary N) is 1. The molecule has 1 aliphatic rings. The van der Waals surface area contributed by atoms with Gasteiger partial charge in [-0.15, -0.1) is 11.3 Å². The Labute approximate surface area is 168 Å². The number of fused-ring (bicyclic) bond motifs is 3. The molecule has 0 atom stereocenters. The molecule has 0 saturated carbocycles. The van der Waals surface area contributed by atoms with Crippen molar-refractivity contribution >= 4 is 45.1 Å². The van der Waals surface area contributed by atoms with Crippen molar-refractivity contribution in [2.75, 3.05) is 25.4 Å². The maximum Gasteiger partial charge on any atom is 0.239 e. The number of amides is 2. The standard InChI is InChI=1S/C19H26N4O2S2/c1-4-20-15(24)10-23(5-2)16(25)11-26-18-17-13-8-6-7-9-14(13)27-19(17)22-12(3)21-18/h4-11H2,1-3H3,(H,20,24). The van der Waals surface area contributed by atoms with Gasteiger partial charge in [-0.3, -0.25) is 9.59 Å². The molecule has 2 aromatic heterocycles. The number of carbonyl (C=O) groups is 2. The molecule has 1 aliphatic carbocycles. The van der Waals surface area contributed by atoms with Crippen LogP contribution in [0.2, 0.25) is 0 Å². The highest BCUT2D eigenvalue weighted by molar-refractivity contribution is 8.00. The van der Waals surface area contributed by atoms with E-state index in [-0.39, 0.29) is 24.1 Å². The monoisotopic (exact) mass is 406 g/mol. The quantitative estimate of drug-likeness (QED) is 0.565. The van der Waals surface area contributed by atoms with E-state index in [4.69, 9.17) is 0 Å². The molecular formula is C19H26N4O2S2. The summed E-state index contributed by atoms with van der Waals surface area (Å²) in [6, 6.07) is 0. The molecule has 0 bridgehead atoms. The third kappa shape index (κ3) is 4.60. The molecule has 3 rings (SSSR count). The Morgan fingerprint density at radius 2 is 2.00 bits per heavy atom. The molecule has 0 aromatic carbocycles. The van der Waals surface area contributed by atoms with Crippen LogP contribution in [0.4, 0.5) is 0 Å². The zero-order valence-electron chi connectivity index (χ0n) is 16.1. The van der Waals surface area contributed by atoms with Crippen molar-refractivity contribution in [3.8, 4) is 0 Å². The van der Waals surface area contributed by atoms with Crippen molar-refractivity contribution in [1.82, 2.24) is 20.2 Å². The topological polar surface area (TPSA) is 75.2 Å². The van der Waals surface area contributed by atoms with Crippen LogP contribution in [0, 0.1) is 6.92 Å². The number of aromatic nitrogens is 2. The maximum atomic E-state index is 12.6. The van der Waals surface area contributed by atoms with Crippen molar-refractivity contribution < 1.29 is 9.59 Å². The van der Waals surface area contributed by atoms with Gasteiger partial charge in [-0.2, -0.15) is 0 Å². The van der Waals surface area contributed by atoms with Crippen molar-refractivity contribution in [3.05, 3.63) is 16.3 Å². The molecular weight excluding hydrogens is 380 g/mol. The SMILES string of the molecule is CCNC(=O)CN(CC)C(=O)CSc1nc(C)nc2sc3c(c12)CCCC3. The van der Waals surface area contributed by atoms with Crippen LogP contribution in [0.5, 0.6) is 0 Å². The molecule has 0 unspecified atom stereocenters. The predicted molar refractivity (Wildman–Crippen MR) is 110 cm³/mol. The molecule has 8 heteroatoms. The normalized spacial score (nSPS) is 13.4. The first-order valence-electron chi connectivity index (χ1n) is 9.49. The van der Waals surface area contributed by atoms with E-state index in [0.29, 0.717) is 13.1 Å². The largest absolute Gasteiger partial charge is 0.355 e. The van der Waals surface area contributed by atoms with E-state index >= 15 is 0 Å². The second-order valence-electron chi connectivity index (χ2n) is 6.62. The van der Waals surface area contributed by atoms with E-state index in [1.165, 1.54) is 35.0 Å². The second-order valence-corrected chi connectivity index (χ2v) is 8.66. The minimum Gasteiger partial charge on any atom is -0.355 e. The van der Waals surface area contributed by atoms with Gasteiger partial charge < -0.3 is 10.2 Å². The van der Waals surface area contributed by atoms with Crippen molar-refractivity contribution in [1.29, 1.82) is 0 Å². The lowest BCUT2D eigenvalue weighted by atomic mass is 9.97. The maximum absolute atomic E-state index is 12.6. The zero-order chi connectivity index (χ0) is 19.4. The number of aryl methyl sites for hydroxylation is 3. The molecule has 0 spiro atoms. The Kier molecular flexibility index (Phi) is 6.70. The Balaban J connectivity index is 1.77. The smallest absolute Gasteiger partial charge is 0.239 e. The summed E-state index contributed by atoms with van der Waals surface area (Å²) in [6.45, 7) is 6.86. The number of thiophene rings is 1. The first-order chi connectivity index (χ1) is 13.0. The lowest BCUT2D eigenvalue weighted by Crippen LogP contribution is -2.41. The highest BCUT2D eigenvalue weighted by atomic mass is 32.2. The fourth-order valence-electron chi connectivity index (χ4n) is 3.35. The van der Waals surface area contributed by atoms with Crippen LogP contribution in [0.3, 0.4) is 0 Å². The first kappa shape index (κ1) is 20.1. The summed E-state index contributed by atoms with van der Waals surface area (Å²) >= 11 is 3.24. The van der Waals surface area contributed by atoms with Gasteiger partial charge in [0.1, 0.15) is 15.7 Å². The van der Waals surface area contributed by atoms with E-state index in [2.05, 4.69) is 15.3 Å². The summed E-state index contributed by atoms with van der Waals surface area (Å²) in [4.78, 5) is 37.7. The first-order valence-corrected chi connectivity index (χ1v) is 11.3. The molecule has 6 nitrogen and oxygen atoms in total. The minimum atomic E-state index is -0.120. The highest BCUT2D eigenvalue weighted by Crippen LogP contribution is 2.39. The molecule has 0 radical (unpaired) electrons. The summed E-state index contributed by atoms with van der Waals surface area (Å²) in [7, 11) is 0. The molecule has 2 heterocycles. The van der Waals surface area contributed by atoms with Gasteiger partial charge in [0, 0.05) is 23.4 Å². The van der Waals surface area contributed by atoms with Crippen LogP contribution in [0.1, 0.15) is 43.0 Å². The highest BCUT2D eigenvalue weighted by Gasteiger charge is 2.22. The Morgan fingerprint density at radius 1 is 1.22 bits per heavy atom. The van der Waals surface area contributed by atoms with Crippen LogP contribution in [-0.2, 0) is 22.4 Å². The van der Waals surface area contributed by atoms with Gasteiger partial charge in [-0.1, -0.05) is 11.8 Å². The zero-order valence-corrected chi connectivity index (χ0v) is 17.8. The minimum absolute atomic E-state index is 0.0396. The molecule has 0 saturated heterocycles. The molecule has 0 aliphatic heterocycles. The van der Waals surface area contributed by atoms with Crippen LogP contribution in [-0.4, -0.2) is 52.1 Å². The number of nitrogens with zero attached hydrogens (tertiary/aromatic N) is 3. The molecule has 0 fully saturated rings. The molecule has 2 amide bonds. The summed E-state index contributed by atoms with van der Waals surface area (Å²) in [5.41, 5.74) is 1.38. The van der Waals surface area contributed by atoms with Crippen LogP contribution in [0.15, 0.2) is 5.03 Å². The third-order valence-corrected chi connectivity index (χ3v) is 6.81. The molecule has 27 heavy (non-hydrogen) atoms. The van der Waals surface area contributed by atoms with Gasteiger partial charge in [0.2, 0.25) is 11.8 Å². The van der Waals surface area contributed by atoms with E-state index in [0.717, 1.165) is 33.9 Å². The predicted octanol–water partition coefficient (Wildman–Crippen LogP) is 2.96. The summed E-state index contributed by atoms with van der Waals surface area (Å²) in [6.07, 6.45) is 4.63. The number of rotatable bonds is 7. The van der Waals surface area contributed by atoms with Gasteiger partial charge in [-0.05, 0) is 52.0 Å².